The molecule has 0 aromatic rings. The molecule has 0 heterocycles. The minimum atomic E-state index is 0.553. The first-order chi connectivity index (χ1) is 9.29. The molecule has 2 rings (SSSR count). The van der Waals surface area contributed by atoms with Gasteiger partial charge in [0.2, 0.25) is 0 Å². The van der Waals surface area contributed by atoms with Crippen molar-refractivity contribution in [2.45, 2.75) is 70.4 Å². The van der Waals surface area contributed by atoms with Crippen LogP contribution in [0.15, 0.2) is 4.99 Å². The Kier molecular flexibility index (Phi) is 5.95. The minimum Gasteiger partial charge on any atom is -0.370 e. The van der Waals surface area contributed by atoms with Gasteiger partial charge >= 0.3 is 0 Å². The van der Waals surface area contributed by atoms with Crippen LogP contribution in [0.5, 0.6) is 0 Å². The molecule has 0 aromatic heterocycles. The second kappa shape index (κ2) is 7.73. The molecular weight excluding hydrogens is 236 g/mol. The standard InChI is InChI=1S/C15H30N4/c1-2-19(14-9-10-14)12-11-17-15(16)18-13-7-5-3-4-6-8-13/h13-14H,2-12H2,1H3,(H3,16,17,18). The monoisotopic (exact) mass is 266 g/mol. The Hall–Kier alpha value is -0.770. The van der Waals surface area contributed by atoms with Gasteiger partial charge in [-0.25, -0.2) is 0 Å². The third-order valence-electron chi connectivity index (χ3n) is 4.35. The summed E-state index contributed by atoms with van der Waals surface area (Å²) < 4.78 is 0. The van der Waals surface area contributed by atoms with E-state index in [-0.39, 0.29) is 0 Å². The lowest BCUT2D eigenvalue weighted by atomic mass is 10.1. The van der Waals surface area contributed by atoms with Crippen LogP contribution in [0.1, 0.15) is 58.3 Å². The zero-order valence-electron chi connectivity index (χ0n) is 12.4. The Morgan fingerprint density at radius 1 is 1.16 bits per heavy atom. The summed E-state index contributed by atoms with van der Waals surface area (Å²) in [4.78, 5) is 7.00. The van der Waals surface area contributed by atoms with Gasteiger partial charge in [-0.1, -0.05) is 32.6 Å². The Balaban J connectivity index is 1.66. The Morgan fingerprint density at radius 2 is 1.84 bits per heavy atom. The molecule has 0 bridgehead atoms. The summed E-state index contributed by atoms with van der Waals surface area (Å²) in [7, 11) is 0. The molecule has 2 aliphatic carbocycles. The Labute approximate surface area is 117 Å². The van der Waals surface area contributed by atoms with Gasteiger partial charge in [0.15, 0.2) is 5.96 Å². The van der Waals surface area contributed by atoms with Crippen LogP contribution in [0, 0.1) is 0 Å². The Morgan fingerprint density at radius 3 is 2.42 bits per heavy atom. The molecule has 0 saturated heterocycles. The summed E-state index contributed by atoms with van der Waals surface area (Å²) in [5.74, 6) is 0.652. The van der Waals surface area contributed by atoms with Crippen LogP contribution in [-0.2, 0) is 0 Å². The van der Waals surface area contributed by atoms with Crippen LogP contribution in [0.4, 0.5) is 0 Å². The predicted octanol–water partition coefficient (Wildman–Crippen LogP) is 2.10. The van der Waals surface area contributed by atoms with Crippen molar-refractivity contribution in [2.75, 3.05) is 19.6 Å². The molecule has 2 saturated carbocycles. The first-order valence-corrected chi connectivity index (χ1v) is 8.10. The quantitative estimate of drug-likeness (QED) is 0.440. The molecule has 4 nitrogen and oxygen atoms in total. The van der Waals surface area contributed by atoms with E-state index < -0.39 is 0 Å². The average Bonchev–Trinajstić information content (AvgIpc) is 3.22. The van der Waals surface area contributed by atoms with Gasteiger partial charge in [0.25, 0.3) is 0 Å². The third-order valence-corrected chi connectivity index (χ3v) is 4.35. The van der Waals surface area contributed by atoms with Crippen molar-refractivity contribution in [3.63, 3.8) is 0 Å². The lowest BCUT2D eigenvalue weighted by Gasteiger charge is -2.19. The molecule has 0 radical (unpaired) electrons. The van der Waals surface area contributed by atoms with Crippen molar-refractivity contribution in [3.8, 4) is 0 Å². The van der Waals surface area contributed by atoms with Crippen molar-refractivity contribution in [2.24, 2.45) is 10.7 Å². The fourth-order valence-corrected chi connectivity index (χ4v) is 3.02. The zero-order chi connectivity index (χ0) is 13.5. The predicted molar refractivity (Wildman–Crippen MR) is 81.4 cm³/mol. The summed E-state index contributed by atoms with van der Waals surface area (Å²) in [5.41, 5.74) is 6.00. The molecule has 0 unspecified atom stereocenters. The van der Waals surface area contributed by atoms with E-state index in [1.165, 1.54) is 51.4 Å². The van der Waals surface area contributed by atoms with Gasteiger partial charge < -0.3 is 11.1 Å². The molecular formula is C15H30N4. The van der Waals surface area contributed by atoms with Crippen molar-refractivity contribution < 1.29 is 0 Å². The van der Waals surface area contributed by atoms with Gasteiger partial charge in [-0.2, -0.15) is 0 Å². The highest BCUT2D eigenvalue weighted by Crippen LogP contribution is 2.25. The smallest absolute Gasteiger partial charge is 0.188 e. The largest absolute Gasteiger partial charge is 0.370 e. The number of nitrogens with zero attached hydrogens (tertiary/aromatic N) is 2. The molecule has 0 aromatic carbocycles. The van der Waals surface area contributed by atoms with E-state index in [9.17, 15) is 0 Å². The van der Waals surface area contributed by atoms with Gasteiger partial charge in [-0.3, -0.25) is 9.89 Å². The normalized spacial score (nSPS) is 22.5. The van der Waals surface area contributed by atoms with E-state index in [4.69, 9.17) is 5.73 Å². The summed E-state index contributed by atoms with van der Waals surface area (Å²) in [6.07, 6.45) is 10.6. The van der Waals surface area contributed by atoms with Crippen molar-refractivity contribution in [1.29, 1.82) is 0 Å². The van der Waals surface area contributed by atoms with Gasteiger partial charge in [-0.15, -0.1) is 0 Å². The molecule has 2 fully saturated rings. The van der Waals surface area contributed by atoms with Gasteiger partial charge in [0, 0.05) is 18.6 Å². The van der Waals surface area contributed by atoms with Gasteiger partial charge in [0.05, 0.1) is 6.54 Å². The second-order valence-electron chi connectivity index (χ2n) is 5.96. The first kappa shape index (κ1) is 14.6. The molecule has 19 heavy (non-hydrogen) atoms. The molecule has 0 aliphatic heterocycles. The fraction of sp³-hybridized carbons (Fsp3) is 0.933. The number of hydrogen-bond donors (Lipinski definition) is 2. The van der Waals surface area contributed by atoms with Crippen LogP contribution in [-0.4, -0.2) is 42.6 Å². The summed E-state index contributed by atoms with van der Waals surface area (Å²) in [6, 6.07) is 1.38. The molecule has 2 aliphatic rings. The maximum absolute atomic E-state index is 6.00. The van der Waals surface area contributed by atoms with E-state index in [0.717, 1.165) is 25.7 Å². The maximum Gasteiger partial charge on any atom is 0.188 e. The van der Waals surface area contributed by atoms with E-state index in [0.29, 0.717) is 12.0 Å². The van der Waals surface area contributed by atoms with E-state index >= 15 is 0 Å². The molecule has 4 heteroatoms. The van der Waals surface area contributed by atoms with E-state index in [1.807, 2.05) is 0 Å². The van der Waals surface area contributed by atoms with Crippen LogP contribution in [0.25, 0.3) is 0 Å². The Bertz CT molecular complexity index is 278. The van der Waals surface area contributed by atoms with Crippen LogP contribution in [0.2, 0.25) is 0 Å². The second-order valence-corrected chi connectivity index (χ2v) is 5.96. The highest BCUT2D eigenvalue weighted by Gasteiger charge is 2.27. The topological polar surface area (TPSA) is 53.6 Å². The third kappa shape index (κ3) is 5.39. The number of aliphatic imine (C=N–C) groups is 1. The van der Waals surface area contributed by atoms with Crippen molar-refractivity contribution in [1.82, 2.24) is 10.2 Å². The maximum atomic E-state index is 6.00. The fourth-order valence-electron chi connectivity index (χ4n) is 3.02. The molecule has 0 atom stereocenters. The molecule has 3 N–H and O–H groups in total. The number of nitrogens with one attached hydrogen (secondary N) is 1. The minimum absolute atomic E-state index is 0.553. The number of rotatable bonds is 6. The molecule has 0 spiro atoms. The summed E-state index contributed by atoms with van der Waals surface area (Å²) in [5, 5.41) is 3.40. The molecule has 0 amide bonds. The summed E-state index contributed by atoms with van der Waals surface area (Å²) in [6.45, 7) is 5.25. The molecule has 110 valence electrons. The van der Waals surface area contributed by atoms with E-state index in [2.05, 4.69) is 22.1 Å². The lowest BCUT2D eigenvalue weighted by Crippen LogP contribution is -2.40. The van der Waals surface area contributed by atoms with Crippen LogP contribution >= 0.6 is 0 Å². The van der Waals surface area contributed by atoms with Crippen molar-refractivity contribution in [3.05, 3.63) is 0 Å². The lowest BCUT2D eigenvalue weighted by molar-refractivity contribution is 0.286. The number of nitrogens with two attached hydrogens (primary N) is 1. The highest BCUT2D eigenvalue weighted by atomic mass is 15.2. The van der Waals surface area contributed by atoms with Crippen LogP contribution < -0.4 is 11.1 Å². The SMILES string of the molecule is CCN(CCN=C(N)NC1CCCCCC1)C1CC1. The first-order valence-electron chi connectivity index (χ1n) is 8.10. The van der Waals surface area contributed by atoms with Crippen molar-refractivity contribution >= 4 is 5.96 Å². The van der Waals surface area contributed by atoms with Crippen LogP contribution in [0.3, 0.4) is 0 Å². The number of hydrogen-bond acceptors (Lipinski definition) is 2. The van der Waals surface area contributed by atoms with E-state index in [1.54, 1.807) is 0 Å². The van der Waals surface area contributed by atoms with Gasteiger partial charge in [-0.05, 0) is 32.2 Å². The number of likely N-dealkylation sites (N-methyl/N-ethyl adjacent to an activating group) is 1. The zero-order valence-corrected chi connectivity index (χ0v) is 12.4. The summed E-state index contributed by atoms with van der Waals surface area (Å²) >= 11 is 0. The number of guanidine groups is 1. The highest BCUT2D eigenvalue weighted by molar-refractivity contribution is 5.78. The van der Waals surface area contributed by atoms with Gasteiger partial charge in [0.1, 0.15) is 0 Å². The average molecular weight is 266 g/mol.